The zero-order valence-electron chi connectivity index (χ0n) is 20.7. The second kappa shape index (κ2) is 11.5. The maximum Gasteiger partial charge on any atom is 0.453 e. The first-order chi connectivity index (χ1) is 19.6. The molecule has 0 aliphatic carbocycles. The van der Waals surface area contributed by atoms with E-state index in [0.717, 1.165) is 23.3 Å². The maximum absolute atomic E-state index is 13.9. The fraction of sp³-hybridized carbons (Fsp3) is 0.0323. The van der Waals surface area contributed by atoms with Gasteiger partial charge in [0, 0.05) is 12.1 Å². The maximum atomic E-state index is 13.9. The molecule has 41 heavy (non-hydrogen) atoms. The van der Waals surface area contributed by atoms with Crippen LogP contribution in [-0.2, 0) is 11.0 Å². The van der Waals surface area contributed by atoms with Crippen LogP contribution in [0.5, 0.6) is 17.2 Å². The number of carbonyl (C=O) groups excluding carboxylic acids is 1. The molecule has 4 aromatic carbocycles. The standard InChI is InChI=1S/C31H17Cl2F3O5/c32-24-14-6-18(16-25(24)33)7-15-27(37)39-22-12-13-23-26(17-22)41-30(31(34,35)36)29(28(23)38)40-21-10-8-20(9-11-21)19-4-2-1-3-5-19/h1-17H/b15-7+. The van der Waals surface area contributed by atoms with Crippen LogP contribution in [0.15, 0.2) is 106 Å². The predicted octanol–water partition coefficient (Wildman–Crippen LogP) is 9.20. The van der Waals surface area contributed by atoms with Crippen LogP contribution < -0.4 is 14.9 Å². The predicted molar refractivity (Wildman–Crippen MR) is 151 cm³/mol. The summed E-state index contributed by atoms with van der Waals surface area (Å²) in [4.78, 5) is 25.4. The number of alkyl halides is 3. The third-order valence-electron chi connectivity index (χ3n) is 5.83. The molecule has 0 bridgehead atoms. The van der Waals surface area contributed by atoms with Crippen molar-refractivity contribution in [2.24, 2.45) is 0 Å². The molecular formula is C31H17Cl2F3O5. The minimum Gasteiger partial charge on any atom is -0.449 e. The molecule has 0 amide bonds. The molecule has 0 aliphatic rings. The topological polar surface area (TPSA) is 65.7 Å². The quantitative estimate of drug-likeness (QED) is 0.111. The van der Waals surface area contributed by atoms with Crippen LogP contribution in [0, 0.1) is 0 Å². The van der Waals surface area contributed by atoms with Crippen molar-refractivity contribution in [3.63, 3.8) is 0 Å². The minimum absolute atomic E-state index is 0.0149. The molecule has 0 N–H and O–H groups in total. The lowest BCUT2D eigenvalue weighted by molar-refractivity contribution is -0.154. The van der Waals surface area contributed by atoms with E-state index in [1.807, 2.05) is 30.3 Å². The summed E-state index contributed by atoms with van der Waals surface area (Å²) in [6.45, 7) is 0. The Morgan fingerprint density at radius 2 is 1.49 bits per heavy atom. The first-order valence-electron chi connectivity index (χ1n) is 11.9. The normalized spacial score (nSPS) is 11.6. The van der Waals surface area contributed by atoms with E-state index in [1.165, 1.54) is 36.4 Å². The Labute approximate surface area is 241 Å². The summed E-state index contributed by atoms with van der Waals surface area (Å²) in [5, 5.41) is 0.441. The number of hydrogen-bond donors (Lipinski definition) is 0. The van der Waals surface area contributed by atoms with Gasteiger partial charge in [0.25, 0.3) is 5.76 Å². The molecule has 206 valence electrons. The zero-order valence-corrected chi connectivity index (χ0v) is 22.3. The van der Waals surface area contributed by atoms with Crippen LogP contribution in [-0.4, -0.2) is 5.97 Å². The number of rotatable bonds is 6. The van der Waals surface area contributed by atoms with E-state index in [0.29, 0.717) is 15.6 Å². The van der Waals surface area contributed by atoms with Gasteiger partial charge in [-0.3, -0.25) is 4.79 Å². The highest BCUT2D eigenvalue weighted by atomic mass is 35.5. The smallest absolute Gasteiger partial charge is 0.449 e. The van der Waals surface area contributed by atoms with E-state index in [1.54, 1.807) is 24.3 Å². The number of hydrogen-bond acceptors (Lipinski definition) is 5. The molecule has 0 unspecified atom stereocenters. The highest BCUT2D eigenvalue weighted by Gasteiger charge is 2.40. The average molecular weight is 597 g/mol. The average Bonchev–Trinajstić information content (AvgIpc) is 2.95. The lowest BCUT2D eigenvalue weighted by atomic mass is 10.1. The Morgan fingerprint density at radius 1 is 0.805 bits per heavy atom. The summed E-state index contributed by atoms with van der Waals surface area (Å²) >= 11 is 11.8. The Morgan fingerprint density at radius 3 is 2.17 bits per heavy atom. The van der Waals surface area contributed by atoms with E-state index in [-0.39, 0.29) is 16.9 Å². The molecule has 0 saturated carbocycles. The highest BCUT2D eigenvalue weighted by Crippen LogP contribution is 2.39. The van der Waals surface area contributed by atoms with Gasteiger partial charge in [0.15, 0.2) is 0 Å². The van der Waals surface area contributed by atoms with Crippen LogP contribution in [0.3, 0.4) is 0 Å². The van der Waals surface area contributed by atoms with Gasteiger partial charge in [-0.25, -0.2) is 4.79 Å². The number of halogens is 5. The lowest BCUT2D eigenvalue weighted by Crippen LogP contribution is -2.15. The summed E-state index contributed by atoms with van der Waals surface area (Å²) in [6, 6.07) is 23.8. The number of benzene rings is 4. The van der Waals surface area contributed by atoms with Crippen molar-refractivity contribution in [3.8, 4) is 28.4 Å². The second-order valence-electron chi connectivity index (χ2n) is 8.67. The third kappa shape index (κ3) is 6.45. The number of esters is 1. The van der Waals surface area contributed by atoms with Crippen molar-refractivity contribution >= 4 is 46.2 Å². The van der Waals surface area contributed by atoms with E-state index in [2.05, 4.69) is 0 Å². The number of fused-ring (bicyclic) bond motifs is 1. The van der Waals surface area contributed by atoms with Gasteiger partial charge < -0.3 is 13.9 Å². The molecule has 0 fully saturated rings. The summed E-state index contributed by atoms with van der Waals surface area (Å²) < 4.78 is 57.5. The Bertz CT molecular complexity index is 1830. The highest BCUT2D eigenvalue weighted by molar-refractivity contribution is 6.42. The number of carbonyl (C=O) groups is 1. The molecule has 10 heteroatoms. The van der Waals surface area contributed by atoms with Crippen LogP contribution in [0.1, 0.15) is 11.3 Å². The summed E-state index contributed by atoms with van der Waals surface area (Å²) in [5.74, 6) is -3.58. The van der Waals surface area contributed by atoms with Gasteiger partial charge in [0.2, 0.25) is 11.2 Å². The molecule has 5 rings (SSSR count). The van der Waals surface area contributed by atoms with E-state index >= 15 is 0 Å². The fourth-order valence-electron chi connectivity index (χ4n) is 3.89. The van der Waals surface area contributed by atoms with Gasteiger partial charge in [-0.2, -0.15) is 13.2 Å². The Kier molecular flexibility index (Phi) is 7.88. The molecule has 0 saturated heterocycles. The van der Waals surface area contributed by atoms with Crippen LogP contribution in [0.4, 0.5) is 13.2 Å². The SMILES string of the molecule is O=C(/C=C/c1ccc(Cl)c(Cl)c1)Oc1ccc2c(=O)c(Oc3ccc(-c4ccccc4)cc3)c(C(F)(F)F)oc2c1. The summed E-state index contributed by atoms with van der Waals surface area (Å²) in [6.07, 6.45) is -2.54. The molecular weight excluding hydrogens is 580 g/mol. The zero-order chi connectivity index (χ0) is 29.1. The van der Waals surface area contributed by atoms with Crippen molar-refractivity contribution in [2.45, 2.75) is 6.18 Å². The molecule has 0 spiro atoms. The molecule has 1 aromatic heterocycles. The van der Waals surface area contributed by atoms with E-state index < -0.39 is 34.7 Å². The van der Waals surface area contributed by atoms with Gasteiger partial charge in [0.05, 0.1) is 15.4 Å². The lowest BCUT2D eigenvalue weighted by Gasteiger charge is -2.14. The Balaban J connectivity index is 1.42. The third-order valence-corrected chi connectivity index (χ3v) is 6.57. The van der Waals surface area contributed by atoms with Crippen LogP contribution >= 0.6 is 23.2 Å². The van der Waals surface area contributed by atoms with Crippen molar-refractivity contribution in [2.75, 3.05) is 0 Å². The minimum atomic E-state index is -5.05. The van der Waals surface area contributed by atoms with Crippen molar-refractivity contribution in [1.82, 2.24) is 0 Å². The first-order valence-corrected chi connectivity index (χ1v) is 12.7. The second-order valence-corrected chi connectivity index (χ2v) is 9.48. The molecule has 5 aromatic rings. The molecule has 0 aliphatic heterocycles. The van der Waals surface area contributed by atoms with Gasteiger partial charge in [-0.1, -0.05) is 71.7 Å². The largest absolute Gasteiger partial charge is 0.453 e. The van der Waals surface area contributed by atoms with Gasteiger partial charge in [0.1, 0.15) is 17.1 Å². The number of ether oxygens (including phenoxy) is 2. The van der Waals surface area contributed by atoms with Crippen LogP contribution in [0.25, 0.3) is 28.2 Å². The monoisotopic (exact) mass is 596 g/mol. The first kappa shape index (κ1) is 28.0. The van der Waals surface area contributed by atoms with Crippen molar-refractivity contribution in [1.29, 1.82) is 0 Å². The van der Waals surface area contributed by atoms with Gasteiger partial charge >= 0.3 is 12.1 Å². The van der Waals surface area contributed by atoms with Crippen molar-refractivity contribution < 1.29 is 31.9 Å². The van der Waals surface area contributed by atoms with Crippen molar-refractivity contribution in [3.05, 3.63) is 129 Å². The fourth-order valence-corrected chi connectivity index (χ4v) is 4.20. The van der Waals surface area contributed by atoms with E-state index in [9.17, 15) is 22.8 Å². The summed E-state index contributed by atoms with van der Waals surface area (Å²) in [5.41, 5.74) is 0.809. The van der Waals surface area contributed by atoms with Gasteiger partial charge in [-0.15, -0.1) is 0 Å². The molecule has 5 nitrogen and oxygen atoms in total. The molecule has 0 radical (unpaired) electrons. The summed E-state index contributed by atoms with van der Waals surface area (Å²) in [7, 11) is 0. The van der Waals surface area contributed by atoms with E-state index in [4.69, 9.17) is 37.1 Å². The molecule has 1 heterocycles. The van der Waals surface area contributed by atoms with Gasteiger partial charge in [-0.05, 0) is 59.2 Å². The van der Waals surface area contributed by atoms with Crippen LogP contribution in [0.2, 0.25) is 10.0 Å². The molecule has 0 atom stereocenters. The Hall–Kier alpha value is -4.53.